The summed E-state index contributed by atoms with van der Waals surface area (Å²) in [4.78, 5) is 15.4. The van der Waals surface area contributed by atoms with Gasteiger partial charge in [-0.1, -0.05) is 13.8 Å². The number of aromatic nitrogens is 1. The molecule has 1 rings (SSSR count). The van der Waals surface area contributed by atoms with Gasteiger partial charge >= 0.3 is 0 Å². The Labute approximate surface area is 95.2 Å². The Bertz CT molecular complexity index is 390. The van der Waals surface area contributed by atoms with Crippen LogP contribution in [0.5, 0.6) is 0 Å². The van der Waals surface area contributed by atoms with Crippen LogP contribution in [0.3, 0.4) is 0 Å². The minimum atomic E-state index is -0.421. The van der Waals surface area contributed by atoms with Crippen molar-refractivity contribution >= 4 is 17.4 Å². The first kappa shape index (κ1) is 12.3. The van der Waals surface area contributed by atoms with Crippen LogP contribution in [0.15, 0.2) is 12.1 Å². The lowest BCUT2D eigenvalue weighted by atomic mass is 10.0. The van der Waals surface area contributed by atoms with Crippen molar-refractivity contribution in [3.8, 4) is 0 Å². The van der Waals surface area contributed by atoms with E-state index >= 15 is 0 Å². The van der Waals surface area contributed by atoms with Gasteiger partial charge in [0.15, 0.2) is 0 Å². The first-order chi connectivity index (χ1) is 7.41. The van der Waals surface area contributed by atoms with E-state index in [4.69, 9.17) is 11.5 Å². The molecule has 0 aromatic carbocycles. The lowest BCUT2D eigenvalue weighted by Crippen LogP contribution is -2.39. The SMILES string of the molecule is Cc1nc(NC(C(N)=O)C(C)C)ccc1N. The van der Waals surface area contributed by atoms with Crippen molar-refractivity contribution in [1.82, 2.24) is 4.98 Å². The fourth-order valence-electron chi connectivity index (χ4n) is 1.38. The second-order valence-electron chi connectivity index (χ2n) is 4.14. The highest BCUT2D eigenvalue weighted by molar-refractivity contribution is 5.83. The zero-order chi connectivity index (χ0) is 12.3. The number of nitrogens with zero attached hydrogens (tertiary/aromatic N) is 1. The molecule has 1 amide bonds. The van der Waals surface area contributed by atoms with Gasteiger partial charge in [0.2, 0.25) is 5.91 Å². The van der Waals surface area contributed by atoms with Crippen LogP contribution in [0.2, 0.25) is 0 Å². The third-order valence-corrected chi connectivity index (χ3v) is 2.40. The molecule has 0 saturated heterocycles. The zero-order valence-corrected chi connectivity index (χ0v) is 9.82. The Balaban J connectivity index is 2.86. The number of hydrogen-bond donors (Lipinski definition) is 3. The van der Waals surface area contributed by atoms with Crippen LogP contribution in [-0.2, 0) is 4.79 Å². The van der Waals surface area contributed by atoms with E-state index < -0.39 is 6.04 Å². The molecule has 1 atom stereocenters. The minimum absolute atomic E-state index is 0.108. The number of nitrogen functional groups attached to an aromatic ring is 1. The van der Waals surface area contributed by atoms with Crippen LogP contribution < -0.4 is 16.8 Å². The molecule has 5 nitrogen and oxygen atoms in total. The maximum Gasteiger partial charge on any atom is 0.240 e. The molecule has 16 heavy (non-hydrogen) atoms. The second kappa shape index (κ2) is 4.83. The number of rotatable bonds is 4. The van der Waals surface area contributed by atoms with E-state index in [9.17, 15) is 4.79 Å². The summed E-state index contributed by atoms with van der Waals surface area (Å²) in [6, 6.07) is 3.07. The number of pyridine rings is 1. The minimum Gasteiger partial charge on any atom is -0.397 e. The Morgan fingerprint density at radius 3 is 2.50 bits per heavy atom. The van der Waals surface area contributed by atoms with Gasteiger partial charge in [-0.25, -0.2) is 4.98 Å². The molecule has 5 N–H and O–H groups in total. The molecular weight excluding hydrogens is 204 g/mol. The number of aryl methyl sites for hydroxylation is 1. The normalized spacial score (nSPS) is 12.5. The van der Waals surface area contributed by atoms with E-state index in [0.717, 1.165) is 5.69 Å². The van der Waals surface area contributed by atoms with E-state index in [1.807, 2.05) is 20.8 Å². The highest BCUT2D eigenvalue weighted by Gasteiger charge is 2.19. The smallest absolute Gasteiger partial charge is 0.240 e. The van der Waals surface area contributed by atoms with Crippen LogP contribution in [0.25, 0.3) is 0 Å². The summed E-state index contributed by atoms with van der Waals surface area (Å²) in [6.07, 6.45) is 0. The number of anilines is 2. The predicted molar refractivity (Wildman–Crippen MR) is 64.8 cm³/mol. The monoisotopic (exact) mass is 222 g/mol. The number of hydrogen-bond acceptors (Lipinski definition) is 4. The fourth-order valence-corrected chi connectivity index (χ4v) is 1.38. The van der Waals surface area contributed by atoms with Gasteiger partial charge in [-0.05, 0) is 25.0 Å². The van der Waals surface area contributed by atoms with E-state index in [1.54, 1.807) is 12.1 Å². The van der Waals surface area contributed by atoms with Crippen molar-refractivity contribution < 1.29 is 4.79 Å². The van der Waals surface area contributed by atoms with Crippen LogP contribution >= 0.6 is 0 Å². The fraction of sp³-hybridized carbons (Fsp3) is 0.455. The third kappa shape index (κ3) is 2.85. The summed E-state index contributed by atoms with van der Waals surface area (Å²) in [6.45, 7) is 5.66. The van der Waals surface area contributed by atoms with Crippen molar-refractivity contribution in [1.29, 1.82) is 0 Å². The molecule has 0 spiro atoms. The molecule has 0 aliphatic heterocycles. The maximum atomic E-state index is 11.2. The largest absolute Gasteiger partial charge is 0.397 e. The van der Waals surface area contributed by atoms with Crippen LogP contribution in [0.4, 0.5) is 11.5 Å². The quantitative estimate of drug-likeness (QED) is 0.705. The van der Waals surface area contributed by atoms with Gasteiger partial charge in [-0.3, -0.25) is 4.79 Å². The Morgan fingerprint density at radius 2 is 2.06 bits per heavy atom. The summed E-state index contributed by atoms with van der Waals surface area (Å²) >= 11 is 0. The predicted octanol–water partition coefficient (Wildman–Crippen LogP) is 0.894. The lowest BCUT2D eigenvalue weighted by Gasteiger charge is -2.19. The molecule has 88 valence electrons. The maximum absolute atomic E-state index is 11.2. The highest BCUT2D eigenvalue weighted by Crippen LogP contribution is 2.14. The number of amides is 1. The van der Waals surface area contributed by atoms with Crippen molar-refractivity contribution in [2.75, 3.05) is 11.1 Å². The van der Waals surface area contributed by atoms with Gasteiger partial charge < -0.3 is 16.8 Å². The van der Waals surface area contributed by atoms with E-state index in [0.29, 0.717) is 11.5 Å². The zero-order valence-electron chi connectivity index (χ0n) is 9.82. The van der Waals surface area contributed by atoms with Crippen molar-refractivity contribution in [2.24, 2.45) is 11.7 Å². The number of carbonyl (C=O) groups is 1. The van der Waals surface area contributed by atoms with Crippen LogP contribution in [-0.4, -0.2) is 16.9 Å². The average molecular weight is 222 g/mol. The summed E-state index contributed by atoms with van der Waals surface area (Å²) in [5, 5.41) is 3.00. The van der Waals surface area contributed by atoms with Gasteiger partial charge in [0.05, 0.1) is 11.4 Å². The molecule has 0 aliphatic rings. The molecule has 5 heteroatoms. The van der Waals surface area contributed by atoms with E-state index in [2.05, 4.69) is 10.3 Å². The van der Waals surface area contributed by atoms with Gasteiger partial charge in [0.25, 0.3) is 0 Å². The molecule has 1 aromatic rings. The van der Waals surface area contributed by atoms with Crippen molar-refractivity contribution in [2.45, 2.75) is 26.8 Å². The first-order valence-corrected chi connectivity index (χ1v) is 5.20. The van der Waals surface area contributed by atoms with Gasteiger partial charge in [0, 0.05) is 0 Å². The molecule has 0 saturated carbocycles. The van der Waals surface area contributed by atoms with Gasteiger partial charge in [-0.15, -0.1) is 0 Å². The summed E-state index contributed by atoms with van der Waals surface area (Å²) in [5.74, 6) is 0.340. The van der Waals surface area contributed by atoms with Crippen LogP contribution in [0.1, 0.15) is 19.5 Å². The Kier molecular flexibility index (Phi) is 3.71. The topological polar surface area (TPSA) is 94.0 Å². The van der Waals surface area contributed by atoms with Crippen molar-refractivity contribution in [3.63, 3.8) is 0 Å². The highest BCUT2D eigenvalue weighted by atomic mass is 16.1. The number of nitrogens with two attached hydrogens (primary N) is 2. The molecule has 0 bridgehead atoms. The third-order valence-electron chi connectivity index (χ3n) is 2.40. The van der Waals surface area contributed by atoms with Gasteiger partial charge in [0.1, 0.15) is 11.9 Å². The molecule has 0 fully saturated rings. The second-order valence-corrected chi connectivity index (χ2v) is 4.14. The molecule has 1 heterocycles. The van der Waals surface area contributed by atoms with E-state index in [1.165, 1.54) is 0 Å². The standard InChI is InChI=1S/C11H18N4O/c1-6(2)10(11(13)16)15-9-5-4-8(12)7(3)14-9/h4-6,10H,12H2,1-3H3,(H2,13,16)(H,14,15). The summed E-state index contributed by atoms with van der Waals surface area (Å²) in [5.41, 5.74) is 12.3. The summed E-state index contributed by atoms with van der Waals surface area (Å²) in [7, 11) is 0. The number of primary amides is 1. The lowest BCUT2D eigenvalue weighted by molar-refractivity contribution is -0.119. The molecule has 0 radical (unpaired) electrons. The average Bonchev–Trinajstić information content (AvgIpc) is 2.18. The first-order valence-electron chi connectivity index (χ1n) is 5.20. The molecule has 1 aromatic heterocycles. The number of nitrogens with one attached hydrogen (secondary N) is 1. The Hall–Kier alpha value is -1.78. The van der Waals surface area contributed by atoms with Gasteiger partial charge in [-0.2, -0.15) is 0 Å². The molecular formula is C11H18N4O. The van der Waals surface area contributed by atoms with Crippen LogP contribution in [0, 0.1) is 12.8 Å². The Morgan fingerprint density at radius 1 is 1.44 bits per heavy atom. The van der Waals surface area contributed by atoms with E-state index in [-0.39, 0.29) is 11.8 Å². The molecule has 0 aliphatic carbocycles. The van der Waals surface area contributed by atoms with Crippen molar-refractivity contribution in [3.05, 3.63) is 17.8 Å². The molecule has 1 unspecified atom stereocenters. The number of carbonyl (C=O) groups excluding carboxylic acids is 1. The summed E-state index contributed by atoms with van der Waals surface area (Å²) < 4.78 is 0.